The molecule has 1 atom stereocenters. The Kier molecular flexibility index (Phi) is 6.07. The summed E-state index contributed by atoms with van der Waals surface area (Å²) in [4.78, 5) is 38.1. The first-order valence-corrected chi connectivity index (χ1v) is 9.49. The molecule has 0 radical (unpaired) electrons. The van der Waals surface area contributed by atoms with Crippen molar-refractivity contribution in [2.24, 2.45) is 5.92 Å². The summed E-state index contributed by atoms with van der Waals surface area (Å²) in [5.74, 6) is -1.26. The molecule has 140 valence electrons. The zero-order valence-corrected chi connectivity index (χ0v) is 15.9. The van der Waals surface area contributed by atoms with Crippen LogP contribution in [0.2, 0.25) is 5.02 Å². The van der Waals surface area contributed by atoms with E-state index in [9.17, 15) is 14.4 Å². The molecule has 27 heavy (non-hydrogen) atoms. The van der Waals surface area contributed by atoms with Crippen LogP contribution in [0.5, 0.6) is 5.75 Å². The van der Waals surface area contributed by atoms with E-state index in [1.807, 2.05) is 19.1 Å². The Bertz CT molecular complexity index is 888. The van der Waals surface area contributed by atoms with E-state index in [-0.39, 0.29) is 29.3 Å². The second-order valence-electron chi connectivity index (χ2n) is 6.67. The van der Waals surface area contributed by atoms with Crippen molar-refractivity contribution >= 4 is 29.0 Å². The molecule has 1 aliphatic rings. The first-order chi connectivity index (χ1) is 13.0. The van der Waals surface area contributed by atoms with Gasteiger partial charge in [0.05, 0.1) is 24.5 Å². The zero-order valence-electron chi connectivity index (χ0n) is 15.2. The maximum absolute atomic E-state index is 12.7. The summed E-state index contributed by atoms with van der Waals surface area (Å²) in [6.45, 7) is 2.43. The van der Waals surface area contributed by atoms with Crippen molar-refractivity contribution in [2.45, 2.75) is 32.6 Å². The van der Waals surface area contributed by atoms with Gasteiger partial charge in [-0.1, -0.05) is 42.8 Å². The van der Waals surface area contributed by atoms with Gasteiger partial charge in [0, 0.05) is 10.6 Å². The van der Waals surface area contributed by atoms with Crippen LogP contribution in [0.15, 0.2) is 42.5 Å². The number of aryl methyl sites for hydroxylation is 1. The Labute approximate surface area is 163 Å². The quantitative estimate of drug-likeness (QED) is 0.512. The van der Waals surface area contributed by atoms with Crippen LogP contribution < -0.4 is 4.74 Å². The molecular weight excluding hydrogens is 364 g/mol. The minimum atomic E-state index is -0.761. The van der Waals surface area contributed by atoms with Crippen LogP contribution >= 0.6 is 11.6 Å². The number of hydrogen-bond donors (Lipinski definition) is 0. The molecule has 0 N–H and O–H groups in total. The fraction of sp³-hybridized carbons (Fsp3) is 0.318. The molecule has 2 aromatic carbocycles. The van der Waals surface area contributed by atoms with Gasteiger partial charge in [0.1, 0.15) is 5.75 Å². The van der Waals surface area contributed by atoms with Crippen LogP contribution in [0, 0.1) is 5.92 Å². The first-order valence-electron chi connectivity index (χ1n) is 9.11. The molecule has 0 heterocycles. The lowest BCUT2D eigenvalue weighted by Gasteiger charge is -2.22. The minimum Gasteiger partial charge on any atom is -0.493 e. The van der Waals surface area contributed by atoms with Crippen molar-refractivity contribution in [1.82, 2.24) is 0 Å². The maximum Gasteiger partial charge on any atom is 0.174 e. The number of ether oxygens (including phenoxy) is 1. The number of halogens is 1. The van der Waals surface area contributed by atoms with Crippen molar-refractivity contribution in [3.8, 4) is 5.75 Å². The number of Topliss-reactive ketones (excluding diaryl/α,β-unsaturated/α-hetero) is 3. The number of fused-ring (bicyclic) bond motifs is 1. The van der Waals surface area contributed by atoms with Gasteiger partial charge in [-0.25, -0.2) is 0 Å². The largest absolute Gasteiger partial charge is 0.493 e. The van der Waals surface area contributed by atoms with E-state index in [1.165, 1.54) is 6.07 Å². The van der Waals surface area contributed by atoms with Crippen LogP contribution in [0.25, 0.3) is 0 Å². The van der Waals surface area contributed by atoms with Gasteiger partial charge in [0.15, 0.2) is 17.3 Å². The third-order valence-corrected chi connectivity index (χ3v) is 4.96. The van der Waals surface area contributed by atoms with E-state index < -0.39 is 5.92 Å². The predicted molar refractivity (Wildman–Crippen MR) is 104 cm³/mol. The molecule has 0 fully saturated rings. The number of hydrogen-bond acceptors (Lipinski definition) is 4. The molecule has 0 aliphatic heterocycles. The lowest BCUT2D eigenvalue weighted by Crippen LogP contribution is -2.30. The fourth-order valence-electron chi connectivity index (χ4n) is 3.34. The molecule has 3 rings (SSSR count). The van der Waals surface area contributed by atoms with Crippen LogP contribution in [0.3, 0.4) is 0 Å². The van der Waals surface area contributed by atoms with E-state index in [2.05, 4.69) is 0 Å². The molecule has 1 unspecified atom stereocenters. The number of benzene rings is 2. The second-order valence-corrected chi connectivity index (χ2v) is 7.10. The molecule has 0 spiro atoms. The molecule has 2 aromatic rings. The highest BCUT2D eigenvalue weighted by Gasteiger charge is 2.33. The number of carbonyl (C=O) groups is 3. The topological polar surface area (TPSA) is 60.4 Å². The second kappa shape index (κ2) is 8.49. The summed E-state index contributed by atoms with van der Waals surface area (Å²) in [7, 11) is 0. The Morgan fingerprint density at radius 3 is 2.74 bits per heavy atom. The Balaban J connectivity index is 1.76. The zero-order chi connectivity index (χ0) is 19.4. The van der Waals surface area contributed by atoms with Gasteiger partial charge < -0.3 is 4.74 Å². The van der Waals surface area contributed by atoms with Gasteiger partial charge in [-0.2, -0.15) is 0 Å². The highest BCUT2D eigenvalue weighted by molar-refractivity contribution is 6.31. The molecule has 0 bridgehead atoms. The van der Waals surface area contributed by atoms with E-state index in [0.29, 0.717) is 35.8 Å². The monoisotopic (exact) mass is 384 g/mol. The maximum atomic E-state index is 12.7. The summed E-state index contributed by atoms with van der Waals surface area (Å²) in [5.41, 5.74) is 1.83. The summed E-state index contributed by atoms with van der Waals surface area (Å²) < 4.78 is 5.60. The van der Waals surface area contributed by atoms with Gasteiger partial charge in [-0.3, -0.25) is 14.4 Å². The van der Waals surface area contributed by atoms with Gasteiger partial charge in [0.2, 0.25) is 0 Å². The molecule has 0 saturated carbocycles. The standard InChI is InChI=1S/C22H21ClO4/c1-2-11-27-21-10-8-15(23)12-18(21)20(25)13-19(24)17-9-7-14-5-3-4-6-16(14)22(17)26/h3-6,8,10,12,17H,2,7,9,11,13H2,1H3. The predicted octanol–water partition coefficient (Wildman–Crippen LogP) is 4.72. The number of carbonyl (C=O) groups excluding carboxylic acids is 3. The van der Waals surface area contributed by atoms with E-state index in [0.717, 1.165) is 12.0 Å². The van der Waals surface area contributed by atoms with Gasteiger partial charge >= 0.3 is 0 Å². The Morgan fingerprint density at radius 1 is 1.19 bits per heavy atom. The summed E-state index contributed by atoms with van der Waals surface area (Å²) in [5, 5.41) is 0.400. The summed E-state index contributed by atoms with van der Waals surface area (Å²) >= 11 is 6.01. The summed E-state index contributed by atoms with van der Waals surface area (Å²) in [6, 6.07) is 12.1. The average Bonchev–Trinajstić information content (AvgIpc) is 2.67. The fourth-order valence-corrected chi connectivity index (χ4v) is 3.51. The van der Waals surface area contributed by atoms with Crippen molar-refractivity contribution in [1.29, 1.82) is 0 Å². The third-order valence-electron chi connectivity index (χ3n) is 4.73. The smallest absolute Gasteiger partial charge is 0.174 e. The average molecular weight is 385 g/mol. The van der Waals surface area contributed by atoms with Crippen molar-refractivity contribution < 1.29 is 19.1 Å². The van der Waals surface area contributed by atoms with E-state index >= 15 is 0 Å². The Hall–Kier alpha value is -2.46. The normalized spacial score (nSPS) is 15.9. The van der Waals surface area contributed by atoms with E-state index in [4.69, 9.17) is 16.3 Å². The number of rotatable bonds is 7. The third kappa shape index (κ3) is 4.28. The van der Waals surface area contributed by atoms with E-state index in [1.54, 1.807) is 24.3 Å². The molecule has 0 saturated heterocycles. The minimum absolute atomic E-state index is 0.191. The molecule has 0 aromatic heterocycles. The highest BCUT2D eigenvalue weighted by atomic mass is 35.5. The van der Waals surface area contributed by atoms with Crippen molar-refractivity contribution in [3.63, 3.8) is 0 Å². The SMILES string of the molecule is CCCOc1ccc(Cl)cc1C(=O)CC(=O)C1CCc2ccccc2C1=O. The Morgan fingerprint density at radius 2 is 1.96 bits per heavy atom. The lowest BCUT2D eigenvalue weighted by atomic mass is 9.79. The molecular formula is C22H21ClO4. The van der Waals surface area contributed by atoms with Crippen molar-refractivity contribution in [3.05, 3.63) is 64.2 Å². The molecule has 1 aliphatic carbocycles. The number of ketones is 3. The van der Waals surface area contributed by atoms with Crippen LogP contribution in [0.4, 0.5) is 0 Å². The molecule has 0 amide bonds. The van der Waals surface area contributed by atoms with Crippen LogP contribution in [-0.4, -0.2) is 24.0 Å². The molecule has 5 heteroatoms. The summed E-state index contributed by atoms with van der Waals surface area (Å²) in [6.07, 6.45) is 1.57. The van der Waals surface area contributed by atoms with Gasteiger partial charge in [-0.15, -0.1) is 0 Å². The molecule has 4 nitrogen and oxygen atoms in total. The first kappa shape index (κ1) is 19.3. The highest BCUT2D eigenvalue weighted by Crippen LogP contribution is 2.29. The van der Waals surface area contributed by atoms with Gasteiger partial charge in [0.25, 0.3) is 0 Å². The lowest BCUT2D eigenvalue weighted by molar-refractivity contribution is -0.120. The van der Waals surface area contributed by atoms with Gasteiger partial charge in [-0.05, 0) is 43.0 Å². The van der Waals surface area contributed by atoms with Crippen LogP contribution in [-0.2, 0) is 11.2 Å². The van der Waals surface area contributed by atoms with Crippen molar-refractivity contribution in [2.75, 3.05) is 6.61 Å². The van der Waals surface area contributed by atoms with Crippen LogP contribution in [0.1, 0.15) is 52.5 Å².